The monoisotopic (exact) mass is 417 g/mol. The fourth-order valence-electron chi connectivity index (χ4n) is 2.48. The van der Waals surface area contributed by atoms with Gasteiger partial charge in [-0.1, -0.05) is 45.1 Å². The van der Waals surface area contributed by atoms with Gasteiger partial charge in [-0.3, -0.25) is 0 Å². The van der Waals surface area contributed by atoms with Gasteiger partial charge < -0.3 is 9.63 Å². The molecule has 0 spiro atoms. The highest BCUT2D eigenvalue weighted by Gasteiger charge is 2.43. The number of nitrogens with zero attached hydrogens (tertiary/aromatic N) is 1. The van der Waals surface area contributed by atoms with Crippen molar-refractivity contribution >= 4 is 14.4 Å². The van der Waals surface area contributed by atoms with E-state index in [2.05, 4.69) is 0 Å². The fraction of sp³-hybridized carbons (Fsp3) is 0.550. The molecular formula is C20H30F3NO3Si. The summed E-state index contributed by atoms with van der Waals surface area (Å²) in [5, 5.41) is 10.5. The van der Waals surface area contributed by atoms with Crippen molar-refractivity contribution in [2.75, 3.05) is 0 Å². The van der Waals surface area contributed by atoms with Crippen LogP contribution in [-0.2, 0) is 10.7 Å². The van der Waals surface area contributed by atoms with Crippen LogP contribution in [0, 0.1) is 0 Å². The summed E-state index contributed by atoms with van der Waals surface area (Å²) in [6.07, 6.45) is -2.11. The molecule has 0 unspecified atom stereocenters. The Morgan fingerprint density at radius 3 is 2.04 bits per heavy atom. The van der Waals surface area contributed by atoms with Gasteiger partial charge in [-0.15, -0.1) is 0 Å². The van der Waals surface area contributed by atoms with Gasteiger partial charge in [0.1, 0.15) is 0 Å². The van der Waals surface area contributed by atoms with Gasteiger partial charge in [-0.05, 0) is 49.7 Å². The molecule has 0 bridgehead atoms. The first-order valence-electron chi connectivity index (χ1n) is 9.13. The van der Waals surface area contributed by atoms with Crippen LogP contribution in [0.2, 0.25) is 18.1 Å². The first-order valence-corrected chi connectivity index (χ1v) is 12.0. The van der Waals surface area contributed by atoms with Gasteiger partial charge in [0, 0.05) is 5.92 Å². The van der Waals surface area contributed by atoms with E-state index in [1.807, 2.05) is 33.9 Å². The van der Waals surface area contributed by atoms with Crippen molar-refractivity contribution in [3.63, 3.8) is 0 Å². The molecule has 1 aromatic carbocycles. The Morgan fingerprint density at radius 2 is 1.68 bits per heavy atom. The molecule has 8 heteroatoms. The van der Waals surface area contributed by atoms with E-state index in [4.69, 9.17) is 4.53 Å². The molecule has 2 atom stereocenters. The Bertz CT molecular complexity index is 694. The number of allylic oxidation sites excluding steroid dienone is 1. The zero-order valence-electron chi connectivity index (χ0n) is 17.5. The average molecular weight is 418 g/mol. The molecule has 1 rings (SSSR count). The number of rotatable bonds is 6. The highest BCUT2D eigenvalue weighted by atomic mass is 28.4. The molecule has 1 amide bonds. The summed E-state index contributed by atoms with van der Waals surface area (Å²) >= 11 is 0. The lowest BCUT2D eigenvalue weighted by Crippen LogP contribution is -2.52. The molecule has 158 valence electrons. The van der Waals surface area contributed by atoms with Crippen molar-refractivity contribution in [1.82, 2.24) is 5.06 Å². The maximum absolute atomic E-state index is 12.8. The van der Waals surface area contributed by atoms with Crippen molar-refractivity contribution < 1.29 is 27.6 Å². The van der Waals surface area contributed by atoms with E-state index in [1.165, 1.54) is 12.1 Å². The summed E-state index contributed by atoms with van der Waals surface area (Å²) in [6, 6.07) is 4.17. The number of amides is 1. The van der Waals surface area contributed by atoms with Crippen molar-refractivity contribution in [3.8, 4) is 0 Å². The molecule has 28 heavy (non-hydrogen) atoms. The maximum atomic E-state index is 12.8. The number of halogens is 3. The van der Waals surface area contributed by atoms with E-state index in [1.54, 1.807) is 26.0 Å². The molecule has 0 aliphatic heterocycles. The Hall–Kier alpha value is -1.80. The highest BCUT2D eigenvalue weighted by molar-refractivity contribution is 6.74. The largest absolute Gasteiger partial charge is 0.463 e. The second-order valence-electron chi connectivity index (χ2n) is 8.37. The molecule has 4 nitrogen and oxygen atoms in total. The van der Waals surface area contributed by atoms with Gasteiger partial charge >= 0.3 is 12.3 Å². The van der Waals surface area contributed by atoms with Crippen LogP contribution in [0.25, 0.3) is 0 Å². The molecule has 0 aliphatic carbocycles. The van der Waals surface area contributed by atoms with Crippen LogP contribution in [0.15, 0.2) is 36.4 Å². The Balaban J connectivity index is 3.25. The van der Waals surface area contributed by atoms with E-state index in [0.29, 0.717) is 5.56 Å². The van der Waals surface area contributed by atoms with Crippen LogP contribution in [0.3, 0.4) is 0 Å². The Labute approximate surface area is 166 Å². The van der Waals surface area contributed by atoms with Gasteiger partial charge in [0.25, 0.3) is 0 Å². The minimum absolute atomic E-state index is 0.204. The molecular weight excluding hydrogens is 387 g/mol. The van der Waals surface area contributed by atoms with Crippen molar-refractivity contribution in [1.29, 1.82) is 0 Å². The topological polar surface area (TPSA) is 49.8 Å². The number of carboxylic acid groups (broad SMARTS) is 1. The van der Waals surface area contributed by atoms with Crippen molar-refractivity contribution in [2.45, 2.75) is 70.9 Å². The number of hydrogen-bond donors (Lipinski definition) is 1. The second kappa shape index (κ2) is 8.69. The smallest absolute Gasteiger partial charge is 0.430 e. The van der Waals surface area contributed by atoms with Crippen LogP contribution in [0.1, 0.15) is 51.7 Å². The summed E-state index contributed by atoms with van der Waals surface area (Å²) in [4.78, 5) is 11.9. The number of hydrogen-bond acceptors (Lipinski definition) is 2. The number of alkyl halides is 3. The van der Waals surface area contributed by atoms with Crippen molar-refractivity contribution in [2.24, 2.45) is 0 Å². The maximum Gasteiger partial charge on any atom is 0.430 e. The van der Waals surface area contributed by atoms with E-state index >= 15 is 0 Å². The molecule has 0 saturated heterocycles. The molecule has 0 aromatic heterocycles. The summed E-state index contributed by atoms with van der Waals surface area (Å²) in [7, 11) is -2.42. The second-order valence-corrected chi connectivity index (χ2v) is 13.1. The standard InChI is InChI=1S/C20H30F3NO3Si/c1-8-9-17(15-10-12-16(13-11-15)20(21,22)23)14(2)24(18(25)26)27-28(6,7)19(3,4)5/h8-14,17H,1-7H3,(H,25,26)/b9-8+/t14-,17+/m0/s1. The molecule has 1 aromatic rings. The first kappa shape index (κ1) is 24.2. The molecule has 0 fully saturated rings. The minimum Gasteiger partial charge on any atom is -0.463 e. The number of benzene rings is 1. The Morgan fingerprint density at radius 1 is 1.18 bits per heavy atom. The molecule has 0 heterocycles. The Kier molecular flexibility index (Phi) is 7.52. The molecule has 0 radical (unpaired) electrons. The van der Waals surface area contributed by atoms with Crippen LogP contribution in [-0.4, -0.2) is 30.6 Å². The van der Waals surface area contributed by atoms with Crippen LogP contribution in [0.5, 0.6) is 0 Å². The minimum atomic E-state index is -4.42. The third-order valence-corrected chi connectivity index (χ3v) is 9.50. The summed E-state index contributed by atoms with van der Waals surface area (Å²) in [5.74, 6) is -0.451. The summed E-state index contributed by atoms with van der Waals surface area (Å²) < 4.78 is 44.5. The zero-order valence-corrected chi connectivity index (χ0v) is 18.5. The quantitative estimate of drug-likeness (QED) is 0.319. The summed E-state index contributed by atoms with van der Waals surface area (Å²) in [6.45, 7) is 13.4. The van der Waals surface area contributed by atoms with E-state index in [9.17, 15) is 23.1 Å². The van der Waals surface area contributed by atoms with E-state index in [-0.39, 0.29) is 5.04 Å². The first-order chi connectivity index (χ1) is 12.6. The normalized spacial score (nSPS) is 15.5. The third-order valence-electron chi connectivity index (χ3n) is 5.23. The SMILES string of the molecule is C/C=C/[C@@H](c1ccc(C(F)(F)F)cc1)[C@H](C)N(O[Si](C)(C)C(C)(C)C)C(=O)O. The predicted molar refractivity (Wildman–Crippen MR) is 107 cm³/mol. The van der Waals surface area contributed by atoms with Gasteiger partial charge in [0.05, 0.1) is 11.6 Å². The summed E-state index contributed by atoms with van der Waals surface area (Å²) in [5.41, 5.74) is -0.153. The average Bonchev–Trinajstić information content (AvgIpc) is 2.55. The van der Waals surface area contributed by atoms with Gasteiger partial charge in [-0.25, -0.2) is 4.79 Å². The van der Waals surface area contributed by atoms with Gasteiger partial charge in [0.15, 0.2) is 0 Å². The zero-order chi connectivity index (χ0) is 21.9. The van der Waals surface area contributed by atoms with Crippen LogP contribution >= 0.6 is 0 Å². The highest BCUT2D eigenvalue weighted by Crippen LogP contribution is 2.39. The lowest BCUT2D eigenvalue weighted by atomic mass is 9.91. The van der Waals surface area contributed by atoms with E-state index in [0.717, 1.165) is 17.2 Å². The molecule has 0 aliphatic rings. The predicted octanol–water partition coefficient (Wildman–Crippen LogP) is 6.67. The van der Waals surface area contributed by atoms with Crippen LogP contribution < -0.4 is 0 Å². The van der Waals surface area contributed by atoms with Gasteiger partial charge in [0.2, 0.25) is 8.32 Å². The van der Waals surface area contributed by atoms with Gasteiger partial charge in [-0.2, -0.15) is 18.2 Å². The lowest BCUT2D eigenvalue weighted by Gasteiger charge is -2.41. The number of hydroxylamine groups is 2. The fourth-order valence-corrected chi connectivity index (χ4v) is 3.49. The molecule has 0 saturated carbocycles. The van der Waals surface area contributed by atoms with E-state index < -0.39 is 38.1 Å². The van der Waals surface area contributed by atoms with Crippen LogP contribution in [0.4, 0.5) is 18.0 Å². The molecule has 1 N–H and O–H groups in total. The van der Waals surface area contributed by atoms with Crippen molar-refractivity contribution in [3.05, 3.63) is 47.5 Å². The lowest BCUT2D eigenvalue weighted by molar-refractivity contribution is -0.137. The third kappa shape index (κ3) is 5.85. The number of carbonyl (C=O) groups is 1.